The second-order valence-electron chi connectivity index (χ2n) is 16.6. The zero-order valence-corrected chi connectivity index (χ0v) is 27.8. The van der Waals surface area contributed by atoms with Crippen LogP contribution >= 0.6 is 0 Å². The van der Waals surface area contributed by atoms with Gasteiger partial charge in [0, 0.05) is 17.8 Å². The molecule has 0 amide bonds. The molecule has 0 saturated heterocycles. The fourth-order valence-corrected chi connectivity index (χ4v) is 9.88. The molecule has 0 radical (unpaired) electrons. The van der Waals surface area contributed by atoms with Gasteiger partial charge < -0.3 is 14.2 Å². The smallest absolute Gasteiger partial charge is 0.113 e. The van der Waals surface area contributed by atoms with E-state index in [4.69, 9.17) is 14.2 Å². The second kappa shape index (κ2) is 9.67. The molecule has 228 valence electrons. The van der Waals surface area contributed by atoms with Gasteiger partial charge in [-0.15, -0.1) is 0 Å². The van der Waals surface area contributed by atoms with Gasteiger partial charge in [-0.2, -0.15) is 0 Å². The third-order valence-corrected chi connectivity index (χ3v) is 14.1. The lowest BCUT2D eigenvalue weighted by atomic mass is 9.50. The monoisotopic (exact) mass is 570 g/mol. The molecule has 10 rings (SSSR count). The van der Waals surface area contributed by atoms with Crippen LogP contribution in [0.15, 0.2) is 35.5 Å². The van der Waals surface area contributed by atoms with E-state index in [9.17, 15) is 0 Å². The minimum absolute atomic E-state index is 0.365. The van der Waals surface area contributed by atoms with Crippen molar-refractivity contribution in [2.45, 2.75) is 121 Å². The Labute approximate surface area is 255 Å². The first kappa shape index (κ1) is 28.6. The van der Waals surface area contributed by atoms with E-state index in [1.807, 2.05) is 0 Å². The SMILES string of the molecule is Cc1c(COC2=CC[C@H]3C[C@@H]2C3(C)C)c(C)c(COC2=CC[C@H]3C[C@@H]2C3(C)C)c(C)c1COC1=CC[C@H]2C[C@@H]1C2(C)C. The Kier molecular flexibility index (Phi) is 6.58. The molecule has 0 heterocycles. The number of fused-ring (bicyclic) bond motifs is 3. The Morgan fingerprint density at radius 1 is 0.500 bits per heavy atom. The van der Waals surface area contributed by atoms with Gasteiger partial charge in [0.2, 0.25) is 0 Å². The average molecular weight is 571 g/mol. The van der Waals surface area contributed by atoms with Crippen LogP contribution in [0.5, 0.6) is 0 Å². The first-order chi connectivity index (χ1) is 19.8. The molecule has 1 aromatic rings. The number of rotatable bonds is 9. The van der Waals surface area contributed by atoms with Crippen molar-refractivity contribution in [3.63, 3.8) is 0 Å². The van der Waals surface area contributed by atoms with E-state index >= 15 is 0 Å². The van der Waals surface area contributed by atoms with Crippen molar-refractivity contribution in [1.82, 2.24) is 0 Å². The summed E-state index contributed by atoms with van der Waals surface area (Å²) in [4.78, 5) is 0. The Balaban J connectivity index is 1.16. The summed E-state index contributed by atoms with van der Waals surface area (Å²) in [6.45, 7) is 23.3. The van der Waals surface area contributed by atoms with Crippen LogP contribution < -0.4 is 0 Å². The highest BCUT2D eigenvalue weighted by molar-refractivity contribution is 5.50. The van der Waals surface area contributed by atoms with Crippen LogP contribution in [0, 0.1) is 72.5 Å². The molecule has 1 aromatic carbocycles. The van der Waals surface area contributed by atoms with Crippen LogP contribution in [0.2, 0.25) is 0 Å². The molecule has 0 N–H and O–H groups in total. The van der Waals surface area contributed by atoms with Gasteiger partial charge in [0.15, 0.2) is 0 Å². The molecule has 3 nitrogen and oxygen atoms in total. The van der Waals surface area contributed by atoms with Gasteiger partial charge in [-0.05, 0) is 145 Å². The Morgan fingerprint density at radius 3 is 0.976 bits per heavy atom. The highest BCUT2D eigenvalue weighted by Gasteiger charge is 2.54. The lowest BCUT2D eigenvalue weighted by Gasteiger charge is -2.55. The Hall–Kier alpha value is -2.16. The van der Waals surface area contributed by atoms with Gasteiger partial charge in [-0.3, -0.25) is 0 Å². The van der Waals surface area contributed by atoms with Gasteiger partial charge in [-0.25, -0.2) is 0 Å². The zero-order chi connectivity index (χ0) is 29.8. The van der Waals surface area contributed by atoms with Crippen molar-refractivity contribution in [2.75, 3.05) is 0 Å². The molecule has 0 aromatic heterocycles. The van der Waals surface area contributed by atoms with E-state index in [0.29, 0.717) is 53.8 Å². The van der Waals surface area contributed by atoms with Crippen molar-refractivity contribution < 1.29 is 14.2 Å². The fourth-order valence-electron chi connectivity index (χ4n) is 9.88. The van der Waals surface area contributed by atoms with E-state index in [-0.39, 0.29) is 0 Å². The third kappa shape index (κ3) is 4.11. The molecule has 42 heavy (non-hydrogen) atoms. The second-order valence-corrected chi connectivity index (χ2v) is 16.6. The van der Waals surface area contributed by atoms with E-state index in [1.165, 1.54) is 69.9 Å². The lowest BCUT2D eigenvalue weighted by molar-refractivity contribution is -0.0502. The molecule has 6 bridgehead atoms. The third-order valence-electron chi connectivity index (χ3n) is 14.1. The zero-order valence-electron chi connectivity index (χ0n) is 27.8. The van der Waals surface area contributed by atoms with Gasteiger partial charge in [-0.1, -0.05) is 41.5 Å². The molecule has 6 atom stereocenters. The minimum Gasteiger partial charge on any atom is -0.493 e. The minimum atomic E-state index is 0.365. The number of hydrogen-bond acceptors (Lipinski definition) is 3. The van der Waals surface area contributed by atoms with E-state index in [1.54, 1.807) is 0 Å². The average Bonchev–Trinajstić information content (AvgIpc) is 2.96. The summed E-state index contributed by atoms with van der Waals surface area (Å²) in [7, 11) is 0. The number of ether oxygens (including phenoxy) is 3. The van der Waals surface area contributed by atoms with Gasteiger partial charge in [0.1, 0.15) is 19.8 Å². The van der Waals surface area contributed by atoms with Gasteiger partial charge in [0.25, 0.3) is 0 Å². The Morgan fingerprint density at radius 2 is 0.762 bits per heavy atom. The van der Waals surface area contributed by atoms with Crippen molar-refractivity contribution in [3.05, 3.63) is 68.9 Å². The van der Waals surface area contributed by atoms with E-state index < -0.39 is 0 Å². The van der Waals surface area contributed by atoms with E-state index in [0.717, 1.165) is 37.0 Å². The summed E-state index contributed by atoms with van der Waals surface area (Å²) < 4.78 is 20.1. The quantitative estimate of drug-likeness (QED) is 0.296. The lowest BCUT2D eigenvalue weighted by Crippen LogP contribution is -2.48. The summed E-state index contributed by atoms with van der Waals surface area (Å²) in [5.41, 5.74) is 9.05. The van der Waals surface area contributed by atoms with Crippen LogP contribution in [-0.4, -0.2) is 0 Å². The summed E-state index contributed by atoms with van der Waals surface area (Å²) in [6.07, 6.45) is 14.4. The topological polar surface area (TPSA) is 27.7 Å². The maximum absolute atomic E-state index is 6.71. The summed E-state index contributed by atoms with van der Waals surface area (Å²) in [5.74, 6) is 7.82. The van der Waals surface area contributed by atoms with E-state index in [2.05, 4.69) is 80.5 Å². The van der Waals surface area contributed by atoms with Crippen LogP contribution in [0.3, 0.4) is 0 Å². The highest BCUT2D eigenvalue weighted by atomic mass is 16.5. The molecule has 3 fully saturated rings. The Bertz CT molecular complexity index is 1200. The highest BCUT2D eigenvalue weighted by Crippen LogP contribution is 2.61. The first-order valence-corrected chi connectivity index (χ1v) is 16.9. The van der Waals surface area contributed by atoms with Crippen molar-refractivity contribution in [2.24, 2.45) is 51.8 Å². The first-order valence-electron chi connectivity index (χ1n) is 16.9. The number of benzene rings is 1. The maximum atomic E-state index is 6.71. The van der Waals surface area contributed by atoms with Crippen molar-refractivity contribution in [1.29, 1.82) is 0 Å². The summed E-state index contributed by atoms with van der Waals surface area (Å²) in [5, 5.41) is 0. The van der Waals surface area contributed by atoms with Crippen LogP contribution in [0.25, 0.3) is 0 Å². The van der Waals surface area contributed by atoms with Gasteiger partial charge >= 0.3 is 0 Å². The molecule has 0 aliphatic heterocycles. The predicted molar refractivity (Wildman–Crippen MR) is 169 cm³/mol. The predicted octanol–water partition coefficient (Wildman–Crippen LogP) is 10.0. The standard InChI is InChI=1S/C39H54O3/c1-22-28(19-40-34-13-10-25-16-31(34)37(25,4)5)23(2)30(21-42-36-15-12-27-18-33(36)39(27,8)9)24(3)29(22)20-41-35-14-11-26-17-32(35)38(26,6)7/h13-15,25-27,31-33H,10-12,16-21H2,1-9H3/t25-,26-,27-,31-,32-,33-/m0/s1. The van der Waals surface area contributed by atoms with Crippen molar-refractivity contribution >= 4 is 0 Å². The largest absolute Gasteiger partial charge is 0.493 e. The molecular weight excluding hydrogens is 516 g/mol. The summed E-state index contributed by atoms with van der Waals surface area (Å²) in [6, 6.07) is 0. The molecule has 0 unspecified atom stereocenters. The molecule has 9 aliphatic carbocycles. The van der Waals surface area contributed by atoms with Crippen LogP contribution in [-0.2, 0) is 34.0 Å². The maximum Gasteiger partial charge on any atom is 0.113 e. The van der Waals surface area contributed by atoms with Crippen LogP contribution in [0.4, 0.5) is 0 Å². The molecular formula is C39H54O3. The number of allylic oxidation sites excluding steroid dienone is 6. The molecule has 9 aliphatic rings. The van der Waals surface area contributed by atoms with Crippen molar-refractivity contribution in [3.8, 4) is 0 Å². The molecule has 0 spiro atoms. The fraction of sp³-hybridized carbons (Fsp3) is 0.692. The number of hydrogen-bond donors (Lipinski definition) is 0. The summed E-state index contributed by atoms with van der Waals surface area (Å²) >= 11 is 0. The normalized spacial score (nSPS) is 34.1. The van der Waals surface area contributed by atoms with Gasteiger partial charge in [0.05, 0.1) is 17.3 Å². The molecule has 3 heteroatoms. The molecule has 3 saturated carbocycles. The van der Waals surface area contributed by atoms with Crippen LogP contribution in [0.1, 0.15) is 113 Å².